The molecule has 0 saturated heterocycles. The average Bonchev–Trinajstić information content (AvgIpc) is 2.58. The third-order valence-corrected chi connectivity index (χ3v) is 2.97. The zero-order valence-electron chi connectivity index (χ0n) is 11.4. The Balaban J connectivity index is 2.15. The van der Waals surface area contributed by atoms with Crippen LogP contribution < -0.4 is 0 Å². The summed E-state index contributed by atoms with van der Waals surface area (Å²) in [4.78, 5) is 23.7. The van der Waals surface area contributed by atoms with E-state index in [-0.39, 0.29) is 17.2 Å². The minimum Gasteiger partial charge on any atom is -0.379 e. The Morgan fingerprint density at radius 2 is 1.78 bits per heavy atom. The van der Waals surface area contributed by atoms with Crippen LogP contribution in [0.3, 0.4) is 0 Å². The molecule has 0 spiro atoms. The molecule has 4 nitrogen and oxygen atoms in total. The van der Waals surface area contributed by atoms with Crippen LogP contribution in [0, 0.1) is 5.41 Å². The Bertz CT molecular complexity index is 359. The molecule has 1 rings (SSSR count). The molecule has 0 fully saturated rings. The molecule has 1 aliphatic heterocycles. The molecular weight excluding hydrogens is 230 g/mol. The fourth-order valence-electron chi connectivity index (χ4n) is 1.48. The van der Waals surface area contributed by atoms with Crippen molar-refractivity contribution >= 4 is 11.8 Å². The minimum atomic E-state index is -0.261. The van der Waals surface area contributed by atoms with E-state index in [2.05, 4.69) is 27.4 Å². The summed E-state index contributed by atoms with van der Waals surface area (Å²) < 4.78 is 5.42. The number of hydrogen-bond acceptors (Lipinski definition) is 3. The van der Waals surface area contributed by atoms with Crippen LogP contribution in [0.15, 0.2) is 24.3 Å². The number of rotatable bonds is 6. The van der Waals surface area contributed by atoms with Crippen molar-refractivity contribution in [1.82, 2.24) is 4.90 Å². The van der Waals surface area contributed by atoms with E-state index in [1.165, 1.54) is 17.1 Å². The lowest BCUT2D eigenvalue weighted by Crippen LogP contribution is -2.33. The molecule has 18 heavy (non-hydrogen) atoms. The minimum absolute atomic E-state index is 0.0914. The van der Waals surface area contributed by atoms with Gasteiger partial charge < -0.3 is 4.74 Å². The molecule has 0 aliphatic carbocycles. The number of ether oxygens (including phenoxy) is 1. The van der Waals surface area contributed by atoms with E-state index in [4.69, 9.17) is 4.74 Å². The molecule has 0 aromatic carbocycles. The third kappa shape index (κ3) is 4.11. The molecule has 0 radical (unpaired) electrons. The maximum absolute atomic E-state index is 11.2. The SMILES string of the molecule is C=C(CCOCCN1C(=O)C=CC1=O)C(C)(C)C. The third-order valence-electron chi connectivity index (χ3n) is 2.97. The van der Waals surface area contributed by atoms with Crippen molar-refractivity contribution in [2.45, 2.75) is 27.2 Å². The van der Waals surface area contributed by atoms with Crippen molar-refractivity contribution in [2.75, 3.05) is 19.8 Å². The van der Waals surface area contributed by atoms with Crippen molar-refractivity contribution < 1.29 is 14.3 Å². The van der Waals surface area contributed by atoms with Crippen LogP contribution >= 0.6 is 0 Å². The summed E-state index contributed by atoms with van der Waals surface area (Å²) in [5, 5.41) is 0. The van der Waals surface area contributed by atoms with Gasteiger partial charge in [-0.25, -0.2) is 0 Å². The Morgan fingerprint density at radius 1 is 1.22 bits per heavy atom. The molecule has 0 unspecified atom stereocenters. The molecular formula is C14H21NO3. The lowest BCUT2D eigenvalue weighted by atomic mass is 9.86. The zero-order valence-corrected chi connectivity index (χ0v) is 11.4. The van der Waals surface area contributed by atoms with Gasteiger partial charge in [0.2, 0.25) is 0 Å². The number of hydrogen-bond donors (Lipinski definition) is 0. The monoisotopic (exact) mass is 251 g/mol. The Morgan fingerprint density at radius 3 is 2.28 bits per heavy atom. The normalized spacial score (nSPS) is 15.6. The number of carbonyl (C=O) groups excluding carboxylic acids is 2. The highest BCUT2D eigenvalue weighted by Gasteiger charge is 2.22. The molecule has 4 heteroatoms. The molecule has 1 aliphatic rings. The van der Waals surface area contributed by atoms with Gasteiger partial charge in [-0.15, -0.1) is 0 Å². The van der Waals surface area contributed by atoms with E-state index in [0.717, 1.165) is 12.0 Å². The number of nitrogens with zero attached hydrogens (tertiary/aromatic N) is 1. The fraction of sp³-hybridized carbons (Fsp3) is 0.571. The van der Waals surface area contributed by atoms with Gasteiger partial charge in [0.15, 0.2) is 0 Å². The molecule has 0 saturated carbocycles. The summed E-state index contributed by atoms with van der Waals surface area (Å²) in [6.07, 6.45) is 3.36. The summed E-state index contributed by atoms with van der Waals surface area (Å²) >= 11 is 0. The van der Waals surface area contributed by atoms with Crippen LogP contribution in [0.1, 0.15) is 27.2 Å². The van der Waals surface area contributed by atoms with Crippen LogP contribution in [0.5, 0.6) is 0 Å². The summed E-state index contributed by atoms with van der Waals surface area (Å²) in [6, 6.07) is 0. The summed E-state index contributed by atoms with van der Waals surface area (Å²) in [5.74, 6) is -0.523. The molecule has 100 valence electrons. The van der Waals surface area contributed by atoms with Crippen molar-refractivity contribution in [3.8, 4) is 0 Å². The second-order valence-electron chi connectivity index (χ2n) is 5.38. The maximum atomic E-state index is 11.2. The van der Waals surface area contributed by atoms with E-state index in [1.54, 1.807) is 0 Å². The highest BCUT2D eigenvalue weighted by molar-refractivity contribution is 6.12. The molecule has 1 heterocycles. The van der Waals surface area contributed by atoms with E-state index in [1.807, 2.05) is 0 Å². The quantitative estimate of drug-likeness (QED) is 0.411. The van der Waals surface area contributed by atoms with Crippen LogP contribution in [0.4, 0.5) is 0 Å². The van der Waals surface area contributed by atoms with Crippen molar-refractivity contribution in [3.05, 3.63) is 24.3 Å². The largest absolute Gasteiger partial charge is 0.379 e. The molecule has 0 N–H and O–H groups in total. The van der Waals surface area contributed by atoms with Gasteiger partial charge in [-0.1, -0.05) is 32.9 Å². The first-order valence-corrected chi connectivity index (χ1v) is 6.12. The first kappa shape index (κ1) is 14.6. The fourth-order valence-corrected chi connectivity index (χ4v) is 1.48. The summed E-state index contributed by atoms with van der Waals surface area (Å²) in [6.45, 7) is 11.6. The van der Waals surface area contributed by atoms with Gasteiger partial charge in [-0.2, -0.15) is 0 Å². The van der Waals surface area contributed by atoms with E-state index in [9.17, 15) is 9.59 Å². The van der Waals surface area contributed by atoms with Gasteiger partial charge in [-0.05, 0) is 11.8 Å². The highest BCUT2D eigenvalue weighted by atomic mass is 16.5. The Kier molecular flexibility index (Phi) is 4.84. The standard InChI is InChI=1S/C14H21NO3/c1-11(14(2,3)4)7-9-18-10-8-15-12(16)5-6-13(15)17/h5-6H,1,7-10H2,2-4H3. The molecule has 0 aromatic rings. The molecule has 2 amide bonds. The number of carbonyl (C=O) groups is 2. The number of imide groups is 1. The van der Waals surface area contributed by atoms with Crippen LogP contribution in [0.25, 0.3) is 0 Å². The van der Waals surface area contributed by atoms with Crippen molar-refractivity contribution in [3.63, 3.8) is 0 Å². The van der Waals surface area contributed by atoms with Gasteiger partial charge in [0, 0.05) is 12.2 Å². The smallest absolute Gasteiger partial charge is 0.253 e. The second kappa shape index (κ2) is 5.96. The van der Waals surface area contributed by atoms with E-state index in [0.29, 0.717) is 19.8 Å². The molecule has 0 bridgehead atoms. The molecule has 0 atom stereocenters. The van der Waals surface area contributed by atoms with Crippen LogP contribution in [-0.2, 0) is 14.3 Å². The van der Waals surface area contributed by atoms with Gasteiger partial charge in [0.05, 0.1) is 19.8 Å². The molecule has 0 aromatic heterocycles. The Hall–Kier alpha value is -1.42. The first-order chi connectivity index (χ1) is 8.32. The second-order valence-corrected chi connectivity index (χ2v) is 5.38. The predicted octanol–water partition coefficient (Wildman–Crippen LogP) is 1.92. The summed E-state index contributed by atoms with van der Waals surface area (Å²) in [7, 11) is 0. The van der Waals surface area contributed by atoms with Gasteiger partial charge in [0.1, 0.15) is 0 Å². The van der Waals surface area contributed by atoms with E-state index < -0.39 is 0 Å². The van der Waals surface area contributed by atoms with Crippen LogP contribution in [-0.4, -0.2) is 36.5 Å². The van der Waals surface area contributed by atoms with Crippen LogP contribution in [0.2, 0.25) is 0 Å². The lowest BCUT2D eigenvalue weighted by molar-refractivity contribution is -0.137. The number of amides is 2. The predicted molar refractivity (Wildman–Crippen MR) is 69.9 cm³/mol. The van der Waals surface area contributed by atoms with Gasteiger partial charge >= 0.3 is 0 Å². The zero-order chi connectivity index (χ0) is 13.8. The van der Waals surface area contributed by atoms with Crippen molar-refractivity contribution in [2.24, 2.45) is 5.41 Å². The van der Waals surface area contributed by atoms with Gasteiger partial charge in [0.25, 0.3) is 11.8 Å². The lowest BCUT2D eigenvalue weighted by Gasteiger charge is -2.21. The van der Waals surface area contributed by atoms with Crippen molar-refractivity contribution in [1.29, 1.82) is 0 Å². The average molecular weight is 251 g/mol. The van der Waals surface area contributed by atoms with Gasteiger partial charge in [-0.3, -0.25) is 14.5 Å². The Labute approximate surface area is 108 Å². The van der Waals surface area contributed by atoms with E-state index >= 15 is 0 Å². The maximum Gasteiger partial charge on any atom is 0.253 e. The topological polar surface area (TPSA) is 46.6 Å². The first-order valence-electron chi connectivity index (χ1n) is 6.12. The summed E-state index contributed by atoms with van der Waals surface area (Å²) in [5.41, 5.74) is 1.23. The highest BCUT2D eigenvalue weighted by Crippen LogP contribution is 2.25.